The molecule has 2 heterocycles. The fourth-order valence-electron chi connectivity index (χ4n) is 4.46. The summed E-state index contributed by atoms with van der Waals surface area (Å²) in [6, 6.07) is 20.6. The summed E-state index contributed by atoms with van der Waals surface area (Å²) >= 11 is 0. The van der Waals surface area contributed by atoms with Crippen LogP contribution >= 0.6 is 0 Å². The van der Waals surface area contributed by atoms with Crippen LogP contribution in [0.3, 0.4) is 0 Å². The van der Waals surface area contributed by atoms with E-state index >= 15 is 0 Å². The molecule has 196 valence electrons. The summed E-state index contributed by atoms with van der Waals surface area (Å²) in [4.78, 5) is 35.3. The van der Waals surface area contributed by atoms with Crippen molar-refractivity contribution in [2.45, 2.75) is 38.5 Å². The second kappa shape index (κ2) is 10.2. The number of anilines is 1. The predicted octanol–water partition coefficient (Wildman–Crippen LogP) is 5.63. The van der Waals surface area contributed by atoms with Gasteiger partial charge in [0.25, 0.3) is 0 Å². The first kappa shape index (κ1) is 25.3. The van der Waals surface area contributed by atoms with Crippen molar-refractivity contribution in [2.24, 2.45) is 0 Å². The lowest BCUT2D eigenvalue weighted by molar-refractivity contribution is 0.0187. The number of hydrogen-bond acceptors (Lipinski definition) is 6. The molecular weight excluding hydrogens is 487 g/mol. The predicted molar refractivity (Wildman–Crippen MR) is 142 cm³/mol. The quantitative estimate of drug-likeness (QED) is 0.334. The standard InChI is InChI=1S/C29H29FN4O4/c1-29(2,3)38-28(36)34-16-24(33-27-31-22-14-13-19(30)15-23(22)32-27)25(17-34)37-26(35)21-12-8-7-11-20(21)18-9-5-4-6-10-18/h4-15,24-25H,16-17H2,1-3H3,(H2,31,32,33)/t24-,25-/m0/s1. The molecule has 1 fully saturated rings. The molecule has 0 bridgehead atoms. The Hall–Kier alpha value is -4.40. The Morgan fingerprint density at radius 1 is 1.03 bits per heavy atom. The van der Waals surface area contributed by atoms with Crippen LogP contribution in [-0.4, -0.2) is 57.8 Å². The van der Waals surface area contributed by atoms with Gasteiger partial charge in [-0.05, 0) is 56.2 Å². The largest absolute Gasteiger partial charge is 0.455 e. The number of amides is 1. The van der Waals surface area contributed by atoms with Crippen LogP contribution in [0.5, 0.6) is 0 Å². The Morgan fingerprint density at radius 2 is 1.76 bits per heavy atom. The first-order valence-electron chi connectivity index (χ1n) is 12.4. The van der Waals surface area contributed by atoms with Gasteiger partial charge in [0.15, 0.2) is 0 Å². The van der Waals surface area contributed by atoms with Crippen molar-refractivity contribution in [1.29, 1.82) is 0 Å². The van der Waals surface area contributed by atoms with Gasteiger partial charge in [-0.2, -0.15) is 0 Å². The number of carbonyl (C=O) groups excluding carboxylic acids is 2. The van der Waals surface area contributed by atoms with E-state index in [0.717, 1.165) is 11.1 Å². The lowest BCUT2D eigenvalue weighted by Gasteiger charge is -2.24. The van der Waals surface area contributed by atoms with Gasteiger partial charge in [0.2, 0.25) is 5.95 Å². The number of rotatable bonds is 5. The van der Waals surface area contributed by atoms with Crippen LogP contribution < -0.4 is 5.32 Å². The maximum atomic E-state index is 13.7. The number of likely N-dealkylation sites (tertiary alicyclic amines) is 1. The van der Waals surface area contributed by atoms with Crippen LogP contribution in [-0.2, 0) is 9.47 Å². The van der Waals surface area contributed by atoms with Crippen LogP contribution in [0.15, 0.2) is 72.8 Å². The number of hydrogen-bond donors (Lipinski definition) is 2. The molecule has 1 aromatic heterocycles. The molecule has 1 aliphatic heterocycles. The van der Waals surface area contributed by atoms with Crippen molar-refractivity contribution in [2.75, 3.05) is 18.4 Å². The molecule has 4 aromatic rings. The first-order valence-corrected chi connectivity index (χ1v) is 12.4. The SMILES string of the molecule is CC(C)(C)OC(=O)N1C[C@H](Nc2nc3ccc(F)cc3[nH]2)[C@@H](OC(=O)c2ccccc2-c2ccccc2)C1. The molecule has 0 saturated carbocycles. The number of carbonyl (C=O) groups is 2. The van der Waals surface area contributed by atoms with E-state index in [4.69, 9.17) is 9.47 Å². The zero-order valence-electron chi connectivity index (χ0n) is 21.4. The summed E-state index contributed by atoms with van der Waals surface area (Å²) in [6.07, 6.45) is -1.19. The number of benzene rings is 3. The zero-order chi connectivity index (χ0) is 26.9. The van der Waals surface area contributed by atoms with Crippen LogP contribution in [0.25, 0.3) is 22.2 Å². The maximum Gasteiger partial charge on any atom is 0.410 e. The fourth-order valence-corrected chi connectivity index (χ4v) is 4.46. The van der Waals surface area contributed by atoms with Gasteiger partial charge in [-0.1, -0.05) is 48.5 Å². The molecule has 0 unspecified atom stereocenters. The minimum absolute atomic E-state index is 0.140. The molecule has 0 aliphatic carbocycles. The molecular formula is C29H29FN4O4. The topological polar surface area (TPSA) is 96.6 Å². The Morgan fingerprint density at radius 3 is 2.53 bits per heavy atom. The molecule has 38 heavy (non-hydrogen) atoms. The minimum atomic E-state index is -0.691. The number of halogens is 1. The molecule has 0 spiro atoms. The van der Waals surface area contributed by atoms with Gasteiger partial charge in [-0.3, -0.25) is 0 Å². The van der Waals surface area contributed by atoms with Gasteiger partial charge < -0.3 is 24.7 Å². The molecule has 3 aromatic carbocycles. The molecule has 1 amide bonds. The van der Waals surface area contributed by atoms with E-state index in [1.54, 1.807) is 39.0 Å². The number of fused-ring (bicyclic) bond motifs is 1. The van der Waals surface area contributed by atoms with Gasteiger partial charge in [0, 0.05) is 6.54 Å². The molecule has 1 aliphatic rings. The molecule has 0 radical (unpaired) electrons. The Bertz CT molecular complexity index is 1460. The Balaban J connectivity index is 1.40. The highest BCUT2D eigenvalue weighted by Gasteiger charge is 2.40. The monoisotopic (exact) mass is 516 g/mol. The minimum Gasteiger partial charge on any atom is -0.455 e. The summed E-state index contributed by atoms with van der Waals surface area (Å²) in [5.41, 5.74) is 2.51. The van der Waals surface area contributed by atoms with E-state index in [9.17, 15) is 14.0 Å². The second-order valence-electron chi connectivity index (χ2n) is 10.2. The highest BCUT2D eigenvalue weighted by molar-refractivity contribution is 5.97. The van der Waals surface area contributed by atoms with Crippen molar-refractivity contribution in [3.8, 4) is 11.1 Å². The van der Waals surface area contributed by atoms with E-state index < -0.39 is 29.8 Å². The number of nitrogens with one attached hydrogen (secondary N) is 2. The third-order valence-corrected chi connectivity index (χ3v) is 6.17. The molecule has 1 saturated heterocycles. The van der Waals surface area contributed by atoms with E-state index in [1.807, 2.05) is 42.5 Å². The molecule has 8 nitrogen and oxygen atoms in total. The summed E-state index contributed by atoms with van der Waals surface area (Å²) in [5.74, 6) is -0.500. The fraction of sp³-hybridized carbons (Fsp3) is 0.276. The second-order valence-corrected chi connectivity index (χ2v) is 10.2. The smallest absolute Gasteiger partial charge is 0.410 e. The number of H-pyrrole nitrogens is 1. The van der Waals surface area contributed by atoms with E-state index in [0.29, 0.717) is 22.5 Å². The third kappa shape index (κ3) is 5.61. The van der Waals surface area contributed by atoms with E-state index in [1.165, 1.54) is 17.0 Å². The first-order chi connectivity index (χ1) is 18.2. The zero-order valence-corrected chi connectivity index (χ0v) is 21.4. The lowest BCUT2D eigenvalue weighted by Crippen LogP contribution is -2.36. The molecule has 2 N–H and O–H groups in total. The van der Waals surface area contributed by atoms with Crippen molar-refractivity contribution < 1.29 is 23.5 Å². The van der Waals surface area contributed by atoms with Crippen LogP contribution in [0.1, 0.15) is 31.1 Å². The third-order valence-electron chi connectivity index (χ3n) is 6.17. The van der Waals surface area contributed by atoms with Crippen LogP contribution in [0.4, 0.5) is 15.1 Å². The number of aromatic amines is 1. The summed E-state index contributed by atoms with van der Waals surface area (Å²) in [6.45, 7) is 5.74. The van der Waals surface area contributed by atoms with Gasteiger partial charge in [0.1, 0.15) is 17.5 Å². The number of nitrogens with zero attached hydrogens (tertiary/aromatic N) is 2. The van der Waals surface area contributed by atoms with E-state index in [2.05, 4.69) is 15.3 Å². The lowest BCUT2D eigenvalue weighted by atomic mass is 10.00. The number of aromatic nitrogens is 2. The Labute approximate surface area is 219 Å². The van der Waals surface area contributed by atoms with E-state index in [-0.39, 0.29) is 18.9 Å². The Kier molecular flexibility index (Phi) is 6.75. The van der Waals surface area contributed by atoms with Crippen molar-refractivity contribution in [3.05, 3.63) is 84.2 Å². The van der Waals surface area contributed by atoms with Crippen molar-refractivity contribution in [1.82, 2.24) is 14.9 Å². The van der Waals surface area contributed by atoms with Crippen LogP contribution in [0, 0.1) is 5.82 Å². The highest BCUT2D eigenvalue weighted by Crippen LogP contribution is 2.27. The maximum absolute atomic E-state index is 13.7. The van der Waals surface area contributed by atoms with Crippen molar-refractivity contribution in [3.63, 3.8) is 0 Å². The average Bonchev–Trinajstić information content (AvgIpc) is 3.46. The molecule has 5 rings (SSSR count). The highest BCUT2D eigenvalue weighted by atomic mass is 19.1. The van der Waals surface area contributed by atoms with Gasteiger partial charge in [-0.15, -0.1) is 0 Å². The summed E-state index contributed by atoms with van der Waals surface area (Å²) in [5, 5.41) is 3.23. The summed E-state index contributed by atoms with van der Waals surface area (Å²) < 4.78 is 25.2. The normalized spacial score (nSPS) is 17.4. The molecule has 9 heteroatoms. The average molecular weight is 517 g/mol. The molecule has 2 atom stereocenters. The van der Waals surface area contributed by atoms with Crippen LogP contribution in [0.2, 0.25) is 0 Å². The summed E-state index contributed by atoms with van der Waals surface area (Å²) in [7, 11) is 0. The van der Waals surface area contributed by atoms with Gasteiger partial charge in [-0.25, -0.2) is 19.0 Å². The number of ether oxygens (including phenoxy) is 2. The number of imidazole rings is 1. The van der Waals surface area contributed by atoms with Gasteiger partial charge >= 0.3 is 12.1 Å². The number of esters is 1. The van der Waals surface area contributed by atoms with Gasteiger partial charge in [0.05, 0.1) is 29.2 Å². The van der Waals surface area contributed by atoms with Crippen molar-refractivity contribution >= 4 is 29.0 Å².